The molecule has 0 aliphatic rings. The van der Waals surface area contributed by atoms with Crippen molar-refractivity contribution >= 4 is 23.4 Å². The molecule has 12 heavy (non-hydrogen) atoms. The summed E-state index contributed by atoms with van der Waals surface area (Å²) in [5.41, 5.74) is 6.79. The molecule has 0 atom stereocenters. The monoisotopic (exact) mass is 180 g/mol. The lowest BCUT2D eigenvalue weighted by Gasteiger charge is -2.00. The Hall–Kier alpha value is -1.28. The van der Waals surface area contributed by atoms with Crippen LogP contribution in [0.4, 0.5) is 0 Å². The molecular weight excluding hydrogens is 172 g/mol. The maximum atomic E-state index is 7.08. The molecule has 0 spiro atoms. The molecule has 0 fully saturated rings. The number of nitrogens with one attached hydrogen (secondary N) is 1. The quantitative estimate of drug-likeness (QED) is 0.532. The van der Waals surface area contributed by atoms with E-state index in [9.17, 15) is 0 Å². The standard InChI is InChI=1S/C9H9ClN2/c10-9(12)8(6-11)7-4-2-1-3-5-7/h1-6,11H,12H2/b9-8+,11-6?. The first kappa shape index (κ1) is 8.81. The molecule has 0 heterocycles. The van der Waals surface area contributed by atoms with Crippen LogP contribution >= 0.6 is 11.6 Å². The first-order valence-corrected chi connectivity index (χ1v) is 3.84. The summed E-state index contributed by atoms with van der Waals surface area (Å²) in [4.78, 5) is 0. The average Bonchev–Trinajstić information content (AvgIpc) is 2.07. The van der Waals surface area contributed by atoms with E-state index in [1.165, 1.54) is 0 Å². The van der Waals surface area contributed by atoms with Crippen molar-refractivity contribution in [2.24, 2.45) is 5.73 Å². The van der Waals surface area contributed by atoms with Gasteiger partial charge in [-0.2, -0.15) is 0 Å². The van der Waals surface area contributed by atoms with Crippen LogP contribution in [-0.4, -0.2) is 6.21 Å². The van der Waals surface area contributed by atoms with E-state index < -0.39 is 0 Å². The van der Waals surface area contributed by atoms with Gasteiger partial charge in [0.1, 0.15) is 5.16 Å². The largest absolute Gasteiger partial charge is 0.389 e. The lowest BCUT2D eigenvalue weighted by molar-refractivity contribution is 1.50. The minimum Gasteiger partial charge on any atom is -0.389 e. The number of allylic oxidation sites excluding steroid dienone is 1. The third-order valence-corrected chi connectivity index (χ3v) is 1.69. The second-order valence-electron chi connectivity index (χ2n) is 2.27. The number of nitrogens with two attached hydrogens (primary N) is 1. The molecule has 3 heteroatoms. The van der Waals surface area contributed by atoms with Crippen molar-refractivity contribution in [1.82, 2.24) is 0 Å². The van der Waals surface area contributed by atoms with Crippen molar-refractivity contribution in [1.29, 1.82) is 5.41 Å². The number of benzene rings is 1. The highest BCUT2D eigenvalue weighted by Crippen LogP contribution is 2.15. The van der Waals surface area contributed by atoms with Gasteiger partial charge >= 0.3 is 0 Å². The Morgan fingerprint density at radius 3 is 2.33 bits per heavy atom. The Bertz CT molecular complexity index is 300. The van der Waals surface area contributed by atoms with Crippen LogP contribution in [0.25, 0.3) is 5.57 Å². The first-order chi connectivity index (χ1) is 5.75. The van der Waals surface area contributed by atoms with Crippen LogP contribution in [0, 0.1) is 5.41 Å². The minimum absolute atomic E-state index is 0.149. The molecular formula is C9H9ClN2. The zero-order valence-electron chi connectivity index (χ0n) is 6.42. The average molecular weight is 181 g/mol. The van der Waals surface area contributed by atoms with Gasteiger partial charge in [-0.15, -0.1) is 0 Å². The molecule has 1 rings (SSSR count). The molecule has 62 valence electrons. The third-order valence-electron chi connectivity index (χ3n) is 1.49. The lowest BCUT2D eigenvalue weighted by atomic mass is 10.1. The van der Waals surface area contributed by atoms with Gasteiger partial charge in [0, 0.05) is 11.8 Å². The molecule has 0 radical (unpaired) electrons. The van der Waals surface area contributed by atoms with Gasteiger partial charge in [0.15, 0.2) is 0 Å². The second-order valence-corrected chi connectivity index (χ2v) is 2.68. The molecule has 0 aliphatic carbocycles. The summed E-state index contributed by atoms with van der Waals surface area (Å²) in [5.74, 6) is 0. The van der Waals surface area contributed by atoms with E-state index in [0.29, 0.717) is 5.57 Å². The zero-order valence-corrected chi connectivity index (χ0v) is 7.18. The molecule has 0 saturated heterocycles. The van der Waals surface area contributed by atoms with E-state index >= 15 is 0 Å². The van der Waals surface area contributed by atoms with Crippen LogP contribution in [-0.2, 0) is 0 Å². The summed E-state index contributed by atoms with van der Waals surface area (Å²) >= 11 is 5.58. The van der Waals surface area contributed by atoms with E-state index in [0.717, 1.165) is 11.8 Å². The molecule has 0 bridgehead atoms. The summed E-state index contributed by atoms with van der Waals surface area (Å²) in [5, 5.41) is 7.23. The van der Waals surface area contributed by atoms with E-state index in [1.54, 1.807) is 0 Å². The second kappa shape index (κ2) is 3.93. The highest BCUT2D eigenvalue weighted by atomic mass is 35.5. The smallest absolute Gasteiger partial charge is 0.109 e. The van der Waals surface area contributed by atoms with Gasteiger partial charge in [-0.25, -0.2) is 0 Å². The fraction of sp³-hybridized carbons (Fsp3) is 0. The van der Waals surface area contributed by atoms with Gasteiger partial charge < -0.3 is 11.1 Å². The van der Waals surface area contributed by atoms with E-state index in [1.807, 2.05) is 30.3 Å². The molecule has 0 aliphatic heterocycles. The number of hydrogen-bond acceptors (Lipinski definition) is 2. The summed E-state index contributed by atoms with van der Waals surface area (Å²) in [6.07, 6.45) is 1.15. The highest BCUT2D eigenvalue weighted by Gasteiger charge is 2.00. The third kappa shape index (κ3) is 1.86. The molecule has 1 aromatic rings. The van der Waals surface area contributed by atoms with Crippen molar-refractivity contribution in [3.05, 3.63) is 41.1 Å². The highest BCUT2D eigenvalue weighted by molar-refractivity contribution is 6.36. The maximum absolute atomic E-state index is 7.08. The summed E-state index contributed by atoms with van der Waals surface area (Å²) in [7, 11) is 0. The first-order valence-electron chi connectivity index (χ1n) is 3.47. The van der Waals surface area contributed by atoms with Gasteiger partial charge in [0.05, 0.1) is 0 Å². The van der Waals surface area contributed by atoms with Gasteiger partial charge in [0.25, 0.3) is 0 Å². The van der Waals surface area contributed by atoms with Crippen LogP contribution in [0.3, 0.4) is 0 Å². The summed E-state index contributed by atoms with van der Waals surface area (Å²) in [6, 6.07) is 9.36. The van der Waals surface area contributed by atoms with Gasteiger partial charge in [-0.3, -0.25) is 0 Å². The molecule has 2 nitrogen and oxygen atoms in total. The Morgan fingerprint density at radius 1 is 1.33 bits per heavy atom. The zero-order chi connectivity index (χ0) is 8.97. The predicted molar refractivity (Wildman–Crippen MR) is 52.2 cm³/mol. The maximum Gasteiger partial charge on any atom is 0.109 e. The van der Waals surface area contributed by atoms with Gasteiger partial charge in [0.2, 0.25) is 0 Å². The number of hydrogen-bond donors (Lipinski definition) is 2. The van der Waals surface area contributed by atoms with Crippen molar-refractivity contribution in [2.75, 3.05) is 0 Å². The van der Waals surface area contributed by atoms with Gasteiger partial charge in [-0.05, 0) is 5.56 Å². The Kier molecular flexibility index (Phi) is 2.88. The Balaban J connectivity index is 3.14. The van der Waals surface area contributed by atoms with Crippen molar-refractivity contribution < 1.29 is 0 Å². The lowest BCUT2D eigenvalue weighted by Crippen LogP contribution is -1.96. The van der Waals surface area contributed by atoms with Crippen molar-refractivity contribution in [3.8, 4) is 0 Å². The van der Waals surface area contributed by atoms with E-state index in [-0.39, 0.29) is 5.16 Å². The van der Waals surface area contributed by atoms with Crippen LogP contribution in [0.5, 0.6) is 0 Å². The summed E-state index contributed by atoms with van der Waals surface area (Å²) < 4.78 is 0. The molecule has 0 amide bonds. The van der Waals surface area contributed by atoms with Crippen LogP contribution in [0.2, 0.25) is 0 Å². The van der Waals surface area contributed by atoms with E-state index in [4.69, 9.17) is 22.7 Å². The minimum atomic E-state index is 0.149. The Labute approximate surface area is 76.2 Å². The van der Waals surface area contributed by atoms with Crippen LogP contribution in [0.1, 0.15) is 5.56 Å². The summed E-state index contributed by atoms with van der Waals surface area (Å²) in [6.45, 7) is 0. The molecule has 0 saturated carbocycles. The molecule has 0 aromatic heterocycles. The van der Waals surface area contributed by atoms with Crippen molar-refractivity contribution in [3.63, 3.8) is 0 Å². The van der Waals surface area contributed by atoms with Gasteiger partial charge in [-0.1, -0.05) is 41.9 Å². The molecule has 1 aromatic carbocycles. The number of rotatable bonds is 2. The number of halogens is 1. The fourth-order valence-electron chi connectivity index (χ4n) is 0.908. The molecule has 0 unspecified atom stereocenters. The Morgan fingerprint density at radius 2 is 1.92 bits per heavy atom. The van der Waals surface area contributed by atoms with E-state index in [2.05, 4.69) is 0 Å². The van der Waals surface area contributed by atoms with Crippen molar-refractivity contribution in [2.45, 2.75) is 0 Å². The normalized spacial score (nSPS) is 12.1. The van der Waals surface area contributed by atoms with Crippen LogP contribution in [0.15, 0.2) is 35.5 Å². The topological polar surface area (TPSA) is 49.9 Å². The van der Waals surface area contributed by atoms with Crippen LogP contribution < -0.4 is 5.73 Å². The molecule has 3 N–H and O–H groups in total. The predicted octanol–water partition coefficient (Wildman–Crippen LogP) is 2.20. The SMILES string of the molecule is N=C/C(=C(\N)Cl)c1ccccc1. The fourth-order valence-corrected chi connectivity index (χ4v) is 1.07.